The Morgan fingerprint density at radius 1 is 1.25 bits per heavy atom. The van der Waals surface area contributed by atoms with Crippen LogP contribution in [-0.2, 0) is 10.2 Å². The molecule has 0 aliphatic heterocycles. The Bertz CT molecular complexity index is 380. The topological polar surface area (TPSA) is 57.8 Å². The van der Waals surface area contributed by atoms with Crippen molar-refractivity contribution in [1.29, 1.82) is 0 Å². The van der Waals surface area contributed by atoms with Crippen LogP contribution in [-0.4, -0.2) is 16.1 Å². The predicted molar refractivity (Wildman–Crippen MR) is 65.4 cm³/mol. The number of H-pyrrole nitrogens is 1. The van der Waals surface area contributed by atoms with Gasteiger partial charge in [-0.3, -0.25) is 9.89 Å². The maximum atomic E-state index is 11.7. The highest BCUT2D eigenvalue weighted by atomic mass is 16.2. The minimum absolute atomic E-state index is 0.0116. The van der Waals surface area contributed by atoms with Gasteiger partial charge in [0.2, 0.25) is 5.91 Å². The van der Waals surface area contributed by atoms with Gasteiger partial charge in [0.15, 0.2) is 5.82 Å². The molecule has 0 atom stereocenters. The van der Waals surface area contributed by atoms with Crippen molar-refractivity contribution in [2.45, 2.75) is 47.0 Å². The molecule has 0 radical (unpaired) electrons. The van der Waals surface area contributed by atoms with Gasteiger partial charge < -0.3 is 5.32 Å². The number of carbonyl (C=O) groups is 1. The molecular formula is C12H21N3O. The molecule has 16 heavy (non-hydrogen) atoms. The molecule has 0 unspecified atom stereocenters. The van der Waals surface area contributed by atoms with Gasteiger partial charge >= 0.3 is 0 Å². The van der Waals surface area contributed by atoms with Gasteiger partial charge in [-0.25, -0.2) is 0 Å². The Morgan fingerprint density at radius 2 is 1.81 bits per heavy atom. The molecule has 4 heteroatoms. The Balaban J connectivity index is 2.78. The standard InChI is InChI=1S/C12H21N3O/c1-11(2,3)8-7-9(15-14-8)13-10(16)12(4,5)6/h7H,1-6H3,(H2,13,14,15,16). The third-order valence-corrected chi connectivity index (χ3v) is 2.31. The molecule has 0 fully saturated rings. The van der Waals surface area contributed by atoms with Gasteiger partial charge in [0.05, 0.1) is 0 Å². The molecule has 0 saturated carbocycles. The molecule has 0 bridgehead atoms. The van der Waals surface area contributed by atoms with Crippen LogP contribution in [0.1, 0.15) is 47.2 Å². The SMILES string of the molecule is CC(C)(C)C(=O)Nc1cc(C(C)(C)C)[nH]n1. The molecule has 2 N–H and O–H groups in total. The number of rotatable bonds is 1. The summed E-state index contributed by atoms with van der Waals surface area (Å²) in [6, 6.07) is 1.88. The summed E-state index contributed by atoms with van der Waals surface area (Å²) in [6.45, 7) is 11.9. The normalized spacial score (nSPS) is 12.6. The number of aromatic nitrogens is 2. The second-order valence-electron chi connectivity index (χ2n) is 6.12. The van der Waals surface area contributed by atoms with Crippen molar-refractivity contribution in [3.8, 4) is 0 Å². The Kier molecular flexibility index (Phi) is 3.13. The second-order valence-corrected chi connectivity index (χ2v) is 6.12. The monoisotopic (exact) mass is 223 g/mol. The highest BCUT2D eigenvalue weighted by Gasteiger charge is 2.23. The van der Waals surface area contributed by atoms with E-state index in [-0.39, 0.29) is 11.3 Å². The Hall–Kier alpha value is -1.32. The fourth-order valence-corrected chi connectivity index (χ4v) is 1.07. The van der Waals surface area contributed by atoms with Gasteiger partial charge in [0, 0.05) is 22.6 Å². The molecule has 0 aliphatic carbocycles. The van der Waals surface area contributed by atoms with Crippen molar-refractivity contribution >= 4 is 11.7 Å². The predicted octanol–water partition coefficient (Wildman–Crippen LogP) is 2.69. The van der Waals surface area contributed by atoms with Crippen LogP contribution < -0.4 is 5.32 Å². The van der Waals surface area contributed by atoms with E-state index in [0.717, 1.165) is 5.69 Å². The number of hydrogen-bond donors (Lipinski definition) is 2. The van der Waals surface area contributed by atoms with Crippen LogP contribution in [0, 0.1) is 5.41 Å². The van der Waals surface area contributed by atoms with Crippen LogP contribution >= 0.6 is 0 Å². The van der Waals surface area contributed by atoms with Gasteiger partial charge in [-0.1, -0.05) is 41.5 Å². The first kappa shape index (κ1) is 12.7. The molecule has 1 aromatic heterocycles. The summed E-state index contributed by atoms with van der Waals surface area (Å²) < 4.78 is 0. The maximum absolute atomic E-state index is 11.7. The lowest BCUT2D eigenvalue weighted by atomic mass is 9.92. The van der Waals surface area contributed by atoms with Crippen molar-refractivity contribution in [3.63, 3.8) is 0 Å². The fraction of sp³-hybridized carbons (Fsp3) is 0.667. The first-order valence-electron chi connectivity index (χ1n) is 5.48. The quantitative estimate of drug-likeness (QED) is 0.769. The third kappa shape index (κ3) is 3.08. The van der Waals surface area contributed by atoms with Crippen molar-refractivity contribution in [1.82, 2.24) is 10.2 Å². The zero-order valence-corrected chi connectivity index (χ0v) is 10.9. The van der Waals surface area contributed by atoms with E-state index in [1.54, 1.807) is 0 Å². The lowest BCUT2D eigenvalue weighted by molar-refractivity contribution is -0.123. The van der Waals surface area contributed by atoms with Crippen molar-refractivity contribution in [2.24, 2.45) is 5.41 Å². The molecule has 0 spiro atoms. The number of nitrogens with zero attached hydrogens (tertiary/aromatic N) is 1. The number of carbonyl (C=O) groups excluding carboxylic acids is 1. The molecule has 0 aromatic carbocycles. The Labute approximate surface area is 96.8 Å². The lowest BCUT2D eigenvalue weighted by Crippen LogP contribution is -2.27. The zero-order valence-electron chi connectivity index (χ0n) is 10.9. The van der Waals surface area contributed by atoms with Crippen molar-refractivity contribution in [2.75, 3.05) is 5.32 Å². The smallest absolute Gasteiger partial charge is 0.230 e. The first-order chi connectivity index (χ1) is 7.10. The van der Waals surface area contributed by atoms with Crippen molar-refractivity contribution in [3.05, 3.63) is 11.8 Å². The molecule has 1 aromatic rings. The second kappa shape index (κ2) is 3.92. The van der Waals surface area contributed by atoms with Gasteiger partial charge in [-0.2, -0.15) is 5.10 Å². The van der Waals surface area contributed by atoms with Crippen LogP contribution in [0.3, 0.4) is 0 Å². The van der Waals surface area contributed by atoms with E-state index in [0.29, 0.717) is 5.82 Å². The largest absolute Gasteiger partial charge is 0.309 e. The van der Waals surface area contributed by atoms with E-state index >= 15 is 0 Å². The first-order valence-corrected chi connectivity index (χ1v) is 5.48. The van der Waals surface area contributed by atoms with Gasteiger partial charge in [0.25, 0.3) is 0 Å². The van der Waals surface area contributed by atoms with E-state index < -0.39 is 5.41 Å². The number of nitrogens with one attached hydrogen (secondary N) is 2. The summed E-state index contributed by atoms with van der Waals surface area (Å²) in [4.78, 5) is 11.7. The molecule has 1 amide bonds. The molecular weight excluding hydrogens is 202 g/mol. The number of hydrogen-bond acceptors (Lipinski definition) is 2. The van der Waals surface area contributed by atoms with Gasteiger partial charge in [0.1, 0.15) is 0 Å². The third-order valence-electron chi connectivity index (χ3n) is 2.31. The van der Waals surface area contributed by atoms with E-state index in [1.165, 1.54) is 0 Å². The lowest BCUT2D eigenvalue weighted by Gasteiger charge is -2.16. The number of aromatic amines is 1. The summed E-state index contributed by atoms with van der Waals surface area (Å²) >= 11 is 0. The molecule has 0 saturated heterocycles. The number of amides is 1. The summed E-state index contributed by atoms with van der Waals surface area (Å²) in [6.07, 6.45) is 0. The maximum Gasteiger partial charge on any atom is 0.230 e. The fourth-order valence-electron chi connectivity index (χ4n) is 1.07. The summed E-state index contributed by atoms with van der Waals surface area (Å²) in [5.41, 5.74) is 0.621. The average molecular weight is 223 g/mol. The van der Waals surface area contributed by atoms with Crippen LogP contribution in [0.5, 0.6) is 0 Å². The van der Waals surface area contributed by atoms with Crippen LogP contribution in [0.2, 0.25) is 0 Å². The van der Waals surface area contributed by atoms with Crippen LogP contribution in [0.4, 0.5) is 5.82 Å². The van der Waals surface area contributed by atoms with E-state index in [4.69, 9.17) is 0 Å². The van der Waals surface area contributed by atoms with Crippen LogP contribution in [0.25, 0.3) is 0 Å². The highest BCUT2D eigenvalue weighted by Crippen LogP contribution is 2.23. The van der Waals surface area contributed by atoms with E-state index in [1.807, 2.05) is 26.8 Å². The molecule has 1 heterocycles. The molecule has 4 nitrogen and oxygen atoms in total. The molecule has 1 rings (SSSR count). The summed E-state index contributed by atoms with van der Waals surface area (Å²) in [5.74, 6) is 0.560. The highest BCUT2D eigenvalue weighted by molar-refractivity contribution is 5.93. The van der Waals surface area contributed by atoms with E-state index in [9.17, 15) is 4.79 Å². The minimum Gasteiger partial charge on any atom is -0.309 e. The number of anilines is 1. The minimum atomic E-state index is -0.402. The molecule has 0 aliphatic rings. The van der Waals surface area contributed by atoms with Crippen molar-refractivity contribution < 1.29 is 4.79 Å². The summed E-state index contributed by atoms with van der Waals surface area (Å²) in [7, 11) is 0. The average Bonchev–Trinajstić information content (AvgIpc) is 2.49. The van der Waals surface area contributed by atoms with E-state index in [2.05, 4.69) is 36.3 Å². The van der Waals surface area contributed by atoms with Gasteiger partial charge in [-0.05, 0) is 0 Å². The zero-order chi connectivity index (χ0) is 12.6. The Morgan fingerprint density at radius 3 is 2.19 bits per heavy atom. The molecule has 90 valence electrons. The summed E-state index contributed by atoms with van der Waals surface area (Å²) in [5, 5.41) is 9.81. The van der Waals surface area contributed by atoms with Gasteiger partial charge in [-0.15, -0.1) is 0 Å². The van der Waals surface area contributed by atoms with Crippen LogP contribution in [0.15, 0.2) is 6.07 Å².